The molecule has 43 heavy (non-hydrogen) atoms. The van der Waals surface area contributed by atoms with Crippen LogP contribution in [0.4, 0.5) is 5.69 Å². The average Bonchev–Trinajstić information content (AvgIpc) is 3.65. The number of hydrogen-bond acceptors (Lipinski definition) is 6. The van der Waals surface area contributed by atoms with Crippen molar-refractivity contribution in [1.82, 2.24) is 4.90 Å². The van der Waals surface area contributed by atoms with Crippen LogP contribution in [0.3, 0.4) is 0 Å². The van der Waals surface area contributed by atoms with Crippen LogP contribution in [-0.2, 0) is 23.9 Å². The second kappa shape index (κ2) is 12.9. The number of aliphatic hydroxyl groups excluding tert-OH is 1. The zero-order valence-electron chi connectivity index (χ0n) is 25.1. The lowest BCUT2D eigenvalue weighted by atomic mass is 9.70. The van der Waals surface area contributed by atoms with E-state index in [4.69, 9.17) is 9.47 Å². The smallest absolute Gasteiger partial charge is 0.312 e. The van der Waals surface area contributed by atoms with E-state index in [1.807, 2.05) is 68.5 Å². The van der Waals surface area contributed by atoms with E-state index in [0.29, 0.717) is 24.8 Å². The SMILES string of the molecule is C=CCCCCOC(=O)[C@@H]1[C@@H]2CCC3(O2)C(C(=O)N(CC=C)c2c(C)cccc2C)N([C@H](CO)c2ccccc2)C(=O)[C@H]13. The molecule has 2 aromatic carbocycles. The maximum Gasteiger partial charge on any atom is 0.312 e. The van der Waals surface area contributed by atoms with E-state index in [1.54, 1.807) is 11.0 Å². The molecule has 2 unspecified atom stereocenters. The molecular formula is C35H42N2O6. The van der Waals surface area contributed by atoms with E-state index < -0.39 is 48.2 Å². The monoisotopic (exact) mass is 586 g/mol. The van der Waals surface area contributed by atoms with E-state index in [0.717, 1.165) is 29.7 Å². The van der Waals surface area contributed by atoms with E-state index in [2.05, 4.69) is 13.2 Å². The third-order valence-electron chi connectivity index (χ3n) is 9.27. The summed E-state index contributed by atoms with van der Waals surface area (Å²) in [6.45, 7) is 11.6. The molecule has 3 saturated heterocycles. The zero-order chi connectivity index (χ0) is 30.7. The number of likely N-dealkylation sites (tertiary alicyclic amines) is 1. The molecule has 6 atom stereocenters. The van der Waals surface area contributed by atoms with Crippen LogP contribution in [0.5, 0.6) is 0 Å². The number of anilines is 1. The Labute approximate surface area is 254 Å². The van der Waals surface area contributed by atoms with Gasteiger partial charge >= 0.3 is 5.97 Å². The summed E-state index contributed by atoms with van der Waals surface area (Å²) in [7, 11) is 0. The van der Waals surface area contributed by atoms with Gasteiger partial charge < -0.3 is 24.4 Å². The van der Waals surface area contributed by atoms with Crippen LogP contribution in [0.15, 0.2) is 73.8 Å². The van der Waals surface area contributed by atoms with Crippen molar-refractivity contribution < 1.29 is 29.0 Å². The van der Waals surface area contributed by atoms with E-state index in [1.165, 1.54) is 4.90 Å². The number of carbonyl (C=O) groups is 3. The maximum atomic E-state index is 14.9. The highest BCUT2D eigenvalue weighted by atomic mass is 16.6. The van der Waals surface area contributed by atoms with Crippen molar-refractivity contribution in [2.75, 3.05) is 24.7 Å². The van der Waals surface area contributed by atoms with Crippen molar-refractivity contribution >= 4 is 23.5 Å². The standard InChI is InChI=1S/C35H42N2O6/c1-5-7-8-12-21-42-34(41)28-27-18-19-35(43-27)29(28)32(39)37(26(22-38)25-16-10-9-11-17-25)31(35)33(40)36(20-6-2)30-23(3)14-13-15-24(30)4/h5-6,9-11,13-17,26-29,31,38H,1-2,7-8,12,18-22H2,3-4H3/t26-,27+,28-,29+,31?,35?/m1/s1. The van der Waals surface area contributed by atoms with Crippen LogP contribution >= 0.6 is 0 Å². The number of amides is 2. The van der Waals surface area contributed by atoms with E-state index >= 15 is 0 Å². The number of fused-ring (bicyclic) bond motifs is 1. The van der Waals surface area contributed by atoms with Gasteiger partial charge in [-0.1, -0.05) is 60.7 Å². The summed E-state index contributed by atoms with van der Waals surface area (Å²) in [5.41, 5.74) is 2.06. The summed E-state index contributed by atoms with van der Waals surface area (Å²) in [6, 6.07) is 13.2. The minimum Gasteiger partial charge on any atom is -0.465 e. The lowest BCUT2D eigenvalue weighted by Crippen LogP contribution is -2.57. The highest BCUT2D eigenvalue weighted by molar-refractivity contribution is 6.05. The molecular weight excluding hydrogens is 544 g/mol. The summed E-state index contributed by atoms with van der Waals surface area (Å²) < 4.78 is 12.3. The summed E-state index contributed by atoms with van der Waals surface area (Å²) >= 11 is 0. The predicted molar refractivity (Wildman–Crippen MR) is 164 cm³/mol. The molecule has 2 aromatic rings. The lowest BCUT2D eigenvalue weighted by Gasteiger charge is -2.40. The molecule has 3 fully saturated rings. The van der Waals surface area contributed by atoms with E-state index in [9.17, 15) is 19.5 Å². The topological polar surface area (TPSA) is 96.4 Å². The van der Waals surface area contributed by atoms with Crippen LogP contribution in [0.2, 0.25) is 0 Å². The largest absolute Gasteiger partial charge is 0.465 e. The molecule has 1 spiro atoms. The number of rotatable bonds is 13. The first kappa shape index (κ1) is 30.7. The summed E-state index contributed by atoms with van der Waals surface area (Å²) in [5.74, 6) is -2.85. The number of nitrogens with zero attached hydrogens (tertiary/aromatic N) is 2. The number of unbranched alkanes of at least 4 members (excludes halogenated alkanes) is 2. The van der Waals surface area contributed by atoms with Gasteiger partial charge in [0.05, 0.1) is 37.2 Å². The molecule has 0 aromatic heterocycles. The minimum atomic E-state index is -1.22. The Hall–Kier alpha value is -3.75. The Morgan fingerprint density at radius 1 is 1.12 bits per heavy atom. The fourth-order valence-electron chi connectivity index (χ4n) is 7.46. The Morgan fingerprint density at radius 2 is 1.84 bits per heavy atom. The van der Waals surface area contributed by atoms with Crippen LogP contribution in [0.25, 0.3) is 0 Å². The van der Waals surface area contributed by atoms with Gasteiger partial charge in [0.1, 0.15) is 11.6 Å². The number of ether oxygens (including phenoxy) is 2. The fourth-order valence-corrected chi connectivity index (χ4v) is 7.46. The second-order valence-corrected chi connectivity index (χ2v) is 11.8. The first-order valence-corrected chi connectivity index (χ1v) is 15.2. The van der Waals surface area contributed by atoms with Gasteiger partial charge in [-0.05, 0) is 62.6 Å². The van der Waals surface area contributed by atoms with Gasteiger partial charge in [0, 0.05) is 12.2 Å². The highest BCUT2D eigenvalue weighted by Gasteiger charge is 2.75. The lowest BCUT2D eigenvalue weighted by molar-refractivity contribution is -0.156. The number of para-hydroxylation sites is 1. The van der Waals surface area contributed by atoms with Crippen molar-refractivity contribution in [3.63, 3.8) is 0 Å². The molecule has 2 bridgehead atoms. The number of aryl methyl sites for hydroxylation is 2. The number of esters is 1. The number of benzene rings is 2. The maximum absolute atomic E-state index is 14.9. The normalized spacial score (nSPS) is 26.2. The van der Waals surface area contributed by atoms with Gasteiger partial charge in [0.2, 0.25) is 5.91 Å². The van der Waals surface area contributed by atoms with Crippen LogP contribution < -0.4 is 4.90 Å². The van der Waals surface area contributed by atoms with Crippen molar-refractivity contribution in [1.29, 1.82) is 0 Å². The molecule has 3 heterocycles. The van der Waals surface area contributed by atoms with Gasteiger partial charge in [0.25, 0.3) is 5.91 Å². The molecule has 228 valence electrons. The molecule has 8 nitrogen and oxygen atoms in total. The van der Waals surface area contributed by atoms with Gasteiger partial charge in [-0.15, -0.1) is 13.2 Å². The molecule has 3 aliphatic heterocycles. The van der Waals surface area contributed by atoms with Crippen LogP contribution in [0.1, 0.15) is 54.8 Å². The zero-order valence-corrected chi connectivity index (χ0v) is 25.1. The van der Waals surface area contributed by atoms with E-state index in [-0.39, 0.29) is 25.0 Å². The van der Waals surface area contributed by atoms with Crippen molar-refractivity contribution in [2.45, 2.75) is 69.7 Å². The van der Waals surface area contributed by atoms with Crippen molar-refractivity contribution in [3.8, 4) is 0 Å². The average molecular weight is 587 g/mol. The van der Waals surface area contributed by atoms with Gasteiger partial charge in [-0.25, -0.2) is 0 Å². The molecule has 0 saturated carbocycles. The molecule has 3 aliphatic rings. The summed E-state index contributed by atoms with van der Waals surface area (Å²) in [4.78, 5) is 46.2. The Morgan fingerprint density at radius 3 is 2.49 bits per heavy atom. The number of carbonyl (C=O) groups excluding carboxylic acids is 3. The Balaban J connectivity index is 1.58. The van der Waals surface area contributed by atoms with Crippen LogP contribution in [-0.4, -0.2) is 65.3 Å². The molecule has 5 rings (SSSR count). The van der Waals surface area contributed by atoms with Gasteiger partial charge in [-0.3, -0.25) is 14.4 Å². The predicted octanol–water partition coefficient (Wildman–Crippen LogP) is 4.83. The third-order valence-corrected chi connectivity index (χ3v) is 9.27. The first-order chi connectivity index (χ1) is 20.8. The first-order valence-electron chi connectivity index (χ1n) is 15.2. The van der Waals surface area contributed by atoms with Crippen LogP contribution in [0, 0.1) is 25.7 Å². The summed E-state index contributed by atoms with van der Waals surface area (Å²) in [5, 5.41) is 10.7. The number of hydrogen-bond donors (Lipinski definition) is 1. The Bertz CT molecular complexity index is 1360. The van der Waals surface area contributed by atoms with Crippen molar-refractivity contribution in [2.24, 2.45) is 11.8 Å². The second-order valence-electron chi connectivity index (χ2n) is 11.8. The highest BCUT2D eigenvalue weighted by Crippen LogP contribution is 2.60. The molecule has 8 heteroatoms. The fraction of sp³-hybridized carbons (Fsp3) is 0.457. The minimum absolute atomic E-state index is 0.221. The molecule has 2 amide bonds. The number of allylic oxidation sites excluding steroid dienone is 1. The molecule has 0 aliphatic carbocycles. The van der Waals surface area contributed by atoms with Gasteiger partial charge in [0.15, 0.2) is 0 Å². The summed E-state index contributed by atoms with van der Waals surface area (Å²) in [6.07, 6.45) is 6.36. The van der Waals surface area contributed by atoms with Gasteiger partial charge in [-0.2, -0.15) is 0 Å². The number of aliphatic hydroxyl groups is 1. The van der Waals surface area contributed by atoms with Crippen molar-refractivity contribution in [3.05, 3.63) is 90.5 Å². The molecule has 0 radical (unpaired) electrons. The quantitative estimate of drug-likeness (QED) is 0.205. The Kier molecular flexibility index (Phi) is 9.18. The molecule has 1 N–H and O–H groups in total. The third kappa shape index (κ3) is 5.31.